The van der Waals surface area contributed by atoms with Crippen molar-refractivity contribution in [1.82, 2.24) is 20.5 Å². The number of carbonyl (C=O) groups excluding carboxylic acids is 1. The van der Waals surface area contributed by atoms with Crippen molar-refractivity contribution < 1.29 is 4.79 Å². The van der Waals surface area contributed by atoms with E-state index in [0.717, 1.165) is 45.4 Å². The molecule has 6 nitrogen and oxygen atoms in total. The number of aromatic nitrogens is 1. The van der Waals surface area contributed by atoms with Gasteiger partial charge in [-0.1, -0.05) is 11.3 Å². The molecule has 136 valence electrons. The Morgan fingerprint density at radius 1 is 1.32 bits per heavy atom. The summed E-state index contributed by atoms with van der Waals surface area (Å²) in [7, 11) is 0. The van der Waals surface area contributed by atoms with Gasteiger partial charge in [-0.05, 0) is 39.0 Å². The van der Waals surface area contributed by atoms with Gasteiger partial charge in [0.25, 0.3) is 0 Å². The molecule has 3 aliphatic heterocycles. The molecule has 2 bridgehead atoms. The number of piperazine rings is 1. The lowest BCUT2D eigenvalue weighted by Crippen LogP contribution is -2.55. The van der Waals surface area contributed by atoms with Crippen LogP contribution >= 0.6 is 11.3 Å². The zero-order valence-corrected chi connectivity index (χ0v) is 15.7. The molecule has 0 radical (unpaired) electrons. The Hall–Kier alpha value is -1.34. The molecule has 25 heavy (non-hydrogen) atoms. The highest BCUT2D eigenvalue weighted by Crippen LogP contribution is 2.38. The molecule has 2 amide bonds. The van der Waals surface area contributed by atoms with E-state index in [-0.39, 0.29) is 11.6 Å². The van der Waals surface area contributed by atoms with Crippen LogP contribution in [-0.4, -0.2) is 53.2 Å². The minimum Gasteiger partial charge on any atom is -0.340 e. The Balaban J connectivity index is 1.30. The highest BCUT2D eigenvalue weighted by atomic mass is 32.1. The van der Waals surface area contributed by atoms with Crippen molar-refractivity contribution in [2.24, 2.45) is 0 Å². The lowest BCUT2D eigenvalue weighted by molar-refractivity contribution is 0.156. The number of anilines is 1. The number of amides is 2. The molecule has 3 fully saturated rings. The third kappa shape index (κ3) is 2.72. The number of nitrogens with zero attached hydrogens (tertiary/aromatic N) is 3. The predicted molar refractivity (Wildman–Crippen MR) is 99.2 cm³/mol. The average Bonchev–Trinajstić information content (AvgIpc) is 3.10. The molecule has 2 unspecified atom stereocenters. The smallest absolute Gasteiger partial charge is 0.318 e. The maximum absolute atomic E-state index is 12.6. The molecule has 1 aromatic rings. The second-order valence-electron chi connectivity index (χ2n) is 8.33. The minimum absolute atomic E-state index is 0.0240. The fourth-order valence-electron chi connectivity index (χ4n) is 4.73. The van der Waals surface area contributed by atoms with Gasteiger partial charge in [-0.3, -0.25) is 0 Å². The molecule has 4 heterocycles. The number of thiazole rings is 1. The molecule has 5 rings (SSSR count). The fraction of sp³-hybridized carbons (Fsp3) is 0.778. The first kappa shape index (κ1) is 15.9. The number of fused-ring (bicyclic) bond motifs is 3. The predicted octanol–water partition coefficient (Wildman–Crippen LogP) is 2.09. The van der Waals surface area contributed by atoms with E-state index in [0.29, 0.717) is 12.1 Å². The molecular formula is C18H27N5OS. The van der Waals surface area contributed by atoms with Gasteiger partial charge in [0.15, 0.2) is 5.13 Å². The summed E-state index contributed by atoms with van der Waals surface area (Å²) >= 11 is 1.81. The number of rotatable bonds is 2. The van der Waals surface area contributed by atoms with Crippen molar-refractivity contribution in [1.29, 1.82) is 0 Å². The van der Waals surface area contributed by atoms with Crippen LogP contribution in [0.25, 0.3) is 0 Å². The molecule has 1 saturated carbocycles. The van der Waals surface area contributed by atoms with Gasteiger partial charge in [0, 0.05) is 48.6 Å². The Labute approximate surface area is 153 Å². The number of carbonyl (C=O) groups is 1. The highest BCUT2D eigenvalue weighted by molar-refractivity contribution is 7.15. The SMILES string of the molecule is CC1(NC(=O)N2CCc3nc(N4C5CCC4CNC5)sc3C2)CCC1. The largest absolute Gasteiger partial charge is 0.340 e. The fourth-order valence-corrected chi connectivity index (χ4v) is 5.99. The monoisotopic (exact) mass is 361 g/mol. The van der Waals surface area contributed by atoms with Crippen LogP contribution < -0.4 is 15.5 Å². The first-order valence-electron chi connectivity index (χ1n) is 9.66. The van der Waals surface area contributed by atoms with Gasteiger partial charge in [0.2, 0.25) is 0 Å². The van der Waals surface area contributed by atoms with E-state index < -0.39 is 0 Å². The van der Waals surface area contributed by atoms with Crippen LogP contribution in [0, 0.1) is 0 Å². The van der Waals surface area contributed by atoms with E-state index in [9.17, 15) is 4.79 Å². The third-order valence-corrected chi connectivity index (χ3v) is 7.57. The van der Waals surface area contributed by atoms with Gasteiger partial charge < -0.3 is 20.4 Å². The lowest BCUT2D eigenvalue weighted by atomic mass is 9.79. The van der Waals surface area contributed by atoms with Crippen LogP contribution in [0.15, 0.2) is 0 Å². The topological polar surface area (TPSA) is 60.5 Å². The highest BCUT2D eigenvalue weighted by Gasteiger charge is 2.39. The van der Waals surface area contributed by atoms with Crippen molar-refractivity contribution >= 4 is 22.5 Å². The van der Waals surface area contributed by atoms with Crippen molar-refractivity contribution in [3.05, 3.63) is 10.6 Å². The molecule has 2 N–H and O–H groups in total. The summed E-state index contributed by atoms with van der Waals surface area (Å²) in [5.74, 6) is 0. The third-order valence-electron chi connectivity index (χ3n) is 6.47. The van der Waals surface area contributed by atoms with Crippen LogP contribution in [0.4, 0.5) is 9.93 Å². The number of nitrogens with one attached hydrogen (secondary N) is 2. The Morgan fingerprint density at radius 3 is 2.76 bits per heavy atom. The summed E-state index contributed by atoms with van der Waals surface area (Å²) in [5, 5.41) is 7.96. The van der Waals surface area contributed by atoms with Gasteiger partial charge in [0.1, 0.15) is 0 Å². The molecule has 4 aliphatic rings. The molecule has 1 aromatic heterocycles. The van der Waals surface area contributed by atoms with Crippen molar-refractivity contribution in [2.45, 2.75) is 69.6 Å². The van der Waals surface area contributed by atoms with Crippen LogP contribution in [0.3, 0.4) is 0 Å². The van der Waals surface area contributed by atoms with Crippen LogP contribution in [0.1, 0.15) is 49.6 Å². The Bertz CT molecular complexity index is 669. The summed E-state index contributed by atoms with van der Waals surface area (Å²) in [6.07, 6.45) is 6.87. The average molecular weight is 362 g/mol. The van der Waals surface area contributed by atoms with Crippen molar-refractivity contribution in [3.63, 3.8) is 0 Å². The molecule has 2 saturated heterocycles. The van der Waals surface area contributed by atoms with Gasteiger partial charge in [0.05, 0.1) is 12.2 Å². The van der Waals surface area contributed by atoms with Gasteiger partial charge in [-0.25, -0.2) is 9.78 Å². The standard InChI is InChI=1S/C18H27N5OS/c1-18(6-2-7-18)21-16(24)22-8-5-14-15(11-22)25-17(20-14)23-12-3-4-13(23)10-19-9-12/h12-13,19H,2-11H2,1H3,(H,21,24). The van der Waals surface area contributed by atoms with Crippen LogP contribution in [-0.2, 0) is 13.0 Å². The molecule has 1 aliphatic carbocycles. The first-order chi connectivity index (χ1) is 12.1. The Morgan fingerprint density at radius 2 is 2.08 bits per heavy atom. The van der Waals surface area contributed by atoms with Crippen LogP contribution in [0.5, 0.6) is 0 Å². The first-order valence-corrected chi connectivity index (χ1v) is 10.5. The van der Waals surface area contributed by atoms with Gasteiger partial charge in [-0.2, -0.15) is 0 Å². The quantitative estimate of drug-likeness (QED) is 0.847. The number of hydrogen-bond acceptors (Lipinski definition) is 5. The van der Waals surface area contributed by atoms with E-state index in [4.69, 9.17) is 4.98 Å². The molecule has 0 spiro atoms. The van der Waals surface area contributed by atoms with Crippen molar-refractivity contribution in [2.75, 3.05) is 24.5 Å². The molecular weight excluding hydrogens is 334 g/mol. The number of hydrogen-bond donors (Lipinski definition) is 2. The summed E-state index contributed by atoms with van der Waals surface area (Å²) in [6.45, 7) is 5.82. The summed E-state index contributed by atoms with van der Waals surface area (Å²) < 4.78 is 0. The second-order valence-corrected chi connectivity index (χ2v) is 9.39. The second kappa shape index (κ2) is 5.84. The lowest BCUT2D eigenvalue weighted by Gasteiger charge is -2.41. The minimum atomic E-state index is 0.0240. The normalized spacial score (nSPS) is 30.0. The zero-order valence-electron chi connectivity index (χ0n) is 14.9. The van der Waals surface area contributed by atoms with E-state index >= 15 is 0 Å². The maximum atomic E-state index is 12.6. The Kier molecular flexibility index (Phi) is 3.71. The summed E-state index contributed by atoms with van der Waals surface area (Å²) in [5.41, 5.74) is 1.24. The maximum Gasteiger partial charge on any atom is 0.318 e. The molecule has 7 heteroatoms. The zero-order chi connectivity index (χ0) is 17.0. The van der Waals surface area contributed by atoms with E-state index in [1.807, 2.05) is 16.2 Å². The van der Waals surface area contributed by atoms with Gasteiger partial charge in [-0.15, -0.1) is 0 Å². The summed E-state index contributed by atoms with van der Waals surface area (Å²) in [4.78, 5) is 23.4. The van der Waals surface area contributed by atoms with E-state index in [2.05, 4.69) is 22.5 Å². The van der Waals surface area contributed by atoms with Crippen LogP contribution in [0.2, 0.25) is 0 Å². The molecule has 0 aromatic carbocycles. The van der Waals surface area contributed by atoms with E-state index in [1.165, 1.54) is 35.0 Å². The van der Waals surface area contributed by atoms with Gasteiger partial charge >= 0.3 is 6.03 Å². The number of urea groups is 1. The van der Waals surface area contributed by atoms with E-state index in [1.54, 1.807) is 0 Å². The van der Waals surface area contributed by atoms with Crippen molar-refractivity contribution in [3.8, 4) is 0 Å². The summed E-state index contributed by atoms with van der Waals surface area (Å²) in [6, 6.07) is 1.30. The molecule has 2 atom stereocenters.